The molecule has 2 aromatic carbocycles. The summed E-state index contributed by atoms with van der Waals surface area (Å²) in [5.41, 5.74) is 13.1. The van der Waals surface area contributed by atoms with Crippen LogP contribution in [0.25, 0.3) is 10.9 Å². The fraction of sp³-hybridized carbons (Fsp3) is 0.463. The molecule has 0 saturated heterocycles. The number of aliphatic hydroxyl groups excluding tert-OH is 1. The number of hydrogen-bond donors (Lipinski definition) is 11. The van der Waals surface area contributed by atoms with E-state index in [4.69, 9.17) is 16.6 Å². The number of fused-ring (bicyclic) bond motifs is 1. The quantitative estimate of drug-likeness (QED) is 0.0487. The number of primary amides is 1. The van der Waals surface area contributed by atoms with Crippen molar-refractivity contribution in [1.82, 2.24) is 36.9 Å². The zero-order valence-corrected chi connectivity index (χ0v) is 35.4. The number of nitrogens with two attached hydrogens (primary N) is 2. The predicted molar refractivity (Wildman–Crippen MR) is 228 cm³/mol. The molecule has 0 aliphatic rings. The highest BCUT2D eigenvalue weighted by Crippen LogP contribution is 2.20. The molecule has 332 valence electrons. The number of aromatic nitrogens is 1. The van der Waals surface area contributed by atoms with E-state index >= 15 is 0 Å². The highest BCUT2D eigenvalue weighted by atomic mass is 32.2. The Hall–Kier alpha value is -5.99. The van der Waals surface area contributed by atoms with E-state index in [9.17, 15) is 43.5 Å². The maximum absolute atomic E-state index is 14.2. The zero-order valence-electron chi connectivity index (χ0n) is 34.6. The average molecular weight is 868 g/mol. The van der Waals surface area contributed by atoms with Crippen LogP contribution in [0.4, 0.5) is 0 Å². The molecule has 1 heterocycles. The number of H-pyrrole nitrogens is 1. The van der Waals surface area contributed by atoms with Crippen molar-refractivity contribution in [1.29, 1.82) is 0 Å². The Morgan fingerprint density at radius 3 is 1.84 bits per heavy atom. The predicted octanol–water partition coefficient (Wildman–Crippen LogP) is -1.04. The van der Waals surface area contributed by atoms with E-state index in [0.717, 1.165) is 10.9 Å². The van der Waals surface area contributed by atoms with Gasteiger partial charge >= 0.3 is 5.97 Å². The second kappa shape index (κ2) is 24.3. The van der Waals surface area contributed by atoms with Crippen LogP contribution in [0.5, 0.6) is 0 Å². The van der Waals surface area contributed by atoms with Gasteiger partial charge in [-0.3, -0.25) is 38.4 Å². The van der Waals surface area contributed by atoms with Crippen LogP contribution in [0.1, 0.15) is 51.2 Å². The van der Waals surface area contributed by atoms with Crippen LogP contribution in [0.3, 0.4) is 0 Å². The molecule has 19 nitrogen and oxygen atoms in total. The van der Waals surface area contributed by atoms with E-state index in [2.05, 4.69) is 36.9 Å². The minimum absolute atomic E-state index is 0.0577. The number of benzene rings is 2. The molecular formula is C41H57N9O10S. The number of amides is 7. The Morgan fingerprint density at radius 1 is 0.689 bits per heavy atom. The number of carbonyl (C=O) groups is 8. The first-order valence-electron chi connectivity index (χ1n) is 19.7. The Bertz CT molecular complexity index is 2000. The summed E-state index contributed by atoms with van der Waals surface area (Å²) in [5, 5.41) is 35.1. The van der Waals surface area contributed by atoms with Gasteiger partial charge in [0.05, 0.1) is 19.1 Å². The number of aliphatic hydroxyl groups is 1. The van der Waals surface area contributed by atoms with E-state index in [1.165, 1.54) is 18.7 Å². The van der Waals surface area contributed by atoms with Gasteiger partial charge in [-0.25, -0.2) is 0 Å². The van der Waals surface area contributed by atoms with Crippen LogP contribution >= 0.6 is 11.8 Å². The maximum Gasteiger partial charge on any atom is 0.305 e. The molecule has 1 aromatic heterocycles. The molecule has 3 rings (SSSR count). The third-order valence-corrected chi connectivity index (χ3v) is 10.2. The Labute approximate surface area is 357 Å². The number of para-hydroxylation sites is 1. The van der Waals surface area contributed by atoms with Gasteiger partial charge in [0, 0.05) is 29.9 Å². The molecule has 0 aliphatic heterocycles. The maximum atomic E-state index is 14.2. The summed E-state index contributed by atoms with van der Waals surface area (Å²) in [6.45, 7) is 4.17. The van der Waals surface area contributed by atoms with Gasteiger partial charge < -0.3 is 58.6 Å². The number of aromatic amines is 1. The molecule has 0 saturated carbocycles. The highest BCUT2D eigenvalue weighted by molar-refractivity contribution is 7.98. The van der Waals surface area contributed by atoms with Gasteiger partial charge in [-0.05, 0) is 54.9 Å². The van der Waals surface area contributed by atoms with Crippen LogP contribution in [0, 0.1) is 5.92 Å². The van der Waals surface area contributed by atoms with E-state index in [1.807, 2.05) is 38.3 Å². The number of carboxylic acid groups (broad SMARTS) is 1. The SMILES string of the molecule is CSCC[C@H](NC(=O)[C@H](CC(C)C)NC(=O)[C@H](C)NC(=O)[C@H](Cc1c[nH]c2ccccc12)NC(=O)[C@H](Cc1ccccc1)NC(=O)[C@H](CO)NC(=O)[C@@H](N)CC(=O)O)C(N)=O. The number of carbonyl (C=O) groups excluding carboxylic acids is 7. The van der Waals surface area contributed by atoms with Crippen molar-refractivity contribution >= 4 is 70.0 Å². The third-order valence-electron chi connectivity index (χ3n) is 9.56. The molecule has 61 heavy (non-hydrogen) atoms. The fourth-order valence-corrected chi connectivity index (χ4v) is 6.73. The monoisotopic (exact) mass is 867 g/mol. The molecule has 3 aromatic rings. The molecule has 20 heteroatoms. The lowest BCUT2D eigenvalue weighted by Gasteiger charge is -2.27. The molecule has 0 spiro atoms. The molecule has 0 bridgehead atoms. The van der Waals surface area contributed by atoms with Crippen LogP contribution in [0.2, 0.25) is 0 Å². The summed E-state index contributed by atoms with van der Waals surface area (Å²) in [4.78, 5) is 107. The second-order valence-corrected chi connectivity index (χ2v) is 16.0. The van der Waals surface area contributed by atoms with Crippen molar-refractivity contribution in [2.75, 3.05) is 18.6 Å². The van der Waals surface area contributed by atoms with Gasteiger partial charge in [-0.2, -0.15) is 11.8 Å². The molecular weight excluding hydrogens is 811 g/mol. The first-order valence-corrected chi connectivity index (χ1v) is 21.1. The van der Waals surface area contributed by atoms with Crippen molar-refractivity contribution < 1.29 is 48.6 Å². The first-order chi connectivity index (χ1) is 28.9. The third kappa shape index (κ3) is 15.8. The van der Waals surface area contributed by atoms with Crippen molar-refractivity contribution in [3.8, 4) is 0 Å². The Kier molecular flexibility index (Phi) is 19.7. The van der Waals surface area contributed by atoms with Crippen molar-refractivity contribution in [2.45, 2.75) is 95.2 Å². The smallest absolute Gasteiger partial charge is 0.305 e. The first kappa shape index (κ1) is 49.4. The summed E-state index contributed by atoms with van der Waals surface area (Å²) in [5.74, 6) is -6.55. The number of thioether (sulfide) groups is 1. The molecule has 0 fully saturated rings. The Morgan fingerprint density at radius 2 is 1.23 bits per heavy atom. The number of aliphatic carboxylic acids is 1. The summed E-state index contributed by atoms with van der Waals surface area (Å²) in [6.07, 6.45) is 3.09. The minimum Gasteiger partial charge on any atom is -0.481 e. The van der Waals surface area contributed by atoms with Crippen molar-refractivity contribution in [3.63, 3.8) is 0 Å². The molecule has 0 aliphatic carbocycles. The highest BCUT2D eigenvalue weighted by Gasteiger charge is 2.33. The number of hydrogen-bond acceptors (Lipinski definition) is 11. The van der Waals surface area contributed by atoms with E-state index in [1.54, 1.807) is 42.6 Å². The molecule has 0 unspecified atom stereocenters. The summed E-state index contributed by atoms with van der Waals surface area (Å²) in [6, 6.07) is 6.68. The Balaban J connectivity index is 1.89. The van der Waals surface area contributed by atoms with Gasteiger partial charge in [-0.15, -0.1) is 0 Å². The van der Waals surface area contributed by atoms with Gasteiger partial charge in [0.25, 0.3) is 0 Å². The van der Waals surface area contributed by atoms with Crippen LogP contribution in [0.15, 0.2) is 60.8 Å². The van der Waals surface area contributed by atoms with E-state index in [-0.39, 0.29) is 25.2 Å². The van der Waals surface area contributed by atoms with E-state index < -0.39 is 103 Å². The van der Waals surface area contributed by atoms with Gasteiger partial charge in [-0.1, -0.05) is 62.4 Å². The summed E-state index contributed by atoms with van der Waals surface area (Å²) < 4.78 is 0. The van der Waals surface area contributed by atoms with Gasteiger partial charge in [0.15, 0.2) is 0 Å². The standard InChI is InChI=1S/C41H57N9O10S/c1-22(2)16-30(39(58)46-29(35(43)54)14-15-61-4)47-36(55)23(3)45-38(57)32(18-25-20-44-28-13-9-8-12-26(25)28)49-40(59)31(17-24-10-6-5-7-11-24)48-41(60)33(21-51)50-37(56)27(42)19-34(52)53/h5-13,20,22-23,27,29-33,44,51H,14-19,21,42H2,1-4H3,(H2,43,54)(H,45,57)(H,46,58)(H,47,55)(H,48,60)(H,49,59)(H,50,56)(H,52,53)/t23-,27-,29-,30-,31-,32-,33-/m0/s1. The average Bonchev–Trinajstić information content (AvgIpc) is 3.62. The van der Waals surface area contributed by atoms with E-state index in [0.29, 0.717) is 23.3 Å². The van der Waals surface area contributed by atoms with Crippen molar-refractivity contribution in [2.24, 2.45) is 17.4 Å². The topological polar surface area (TPSA) is 317 Å². The molecule has 7 amide bonds. The van der Waals surface area contributed by atoms with Gasteiger partial charge in [0.2, 0.25) is 41.4 Å². The summed E-state index contributed by atoms with van der Waals surface area (Å²) >= 11 is 1.47. The number of carboxylic acids is 1. The van der Waals surface area contributed by atoms with Crippen LogP contribution in [-0.2, 0) is 51.2 Å². The van der Waals surface area contributed by atoms with Crippen LogP contribution < -0.4 is 43.4 Å². The van der Waals surface area contributed by atoms with Crippen LogP contribution in [-0.4, -0.2) is 123 Å². The molecule has 7 atom stereocenters. The second-order valence-electron chi connectivity index (χ2n) is 15.0. The number of nitrogens with one attached hydrogen (secondary N) is 7. The summed E-state index contributed by atoms with van der Waals surface area (Å²) in [7, 11) is 0. The zero-order chi connectivity index (χ0) is 45.2. The van der Waals surface area contributed by atoms with Crippen molar-refractivity contribution in [3.05, 3.63) is 71.9 Å². The molecule has 0 radical (unpaired) electrons. The fourth-order valence-electron chi connectivity index (χ4n) is 6.26. The lowest BCUT2D eigenvalue weighted by Crippen LogP contribution is -2.60. The normalized spacial score (nSPS) is 14.6. The largest absolute Gasteiger partial charge is 0.481 e. The minimum atomic E-state index is -1.62. The van der Waals surface area contributed by atoms with Gasteiger partial charge in [0.1, 0.15) is 36.3 Å². The lowest BCUT2D eigenvalue weighted by molar-refractivity contribution is -0.140. The lowest BCUT2D eigenvalue weighted by atomic mass is 10.0. The molecule has 13 N–H and O–H groups in total. The number of rotatable bonds is 25.